The van der Waals surface area contributed by atoms with Crippen molar-refractivity contribution >= 4 is 5.69 Å². The summed E-state index contributed by atoms with van der Waals surface area (Å²) in [5.74, 6) is 0.727. The molecule has 2 nitrogen and oxygen atoms in total. The highest BCUT2D eigenvalue weighted by molar-refractivity contribution is 5.49. The first kappa shape index (κ1) is 12.0. The van der Waals surface area contributed by atoms with Crippen LogP contribution in [0.2, 0.25) is 0 Å². The van der Waals surface area contributed by atoms with Gasteiger partial charge in [0.25, 0.3) is 0 Å². The van der Waals surface area contributed by atoms with Crippen LogP contribution in [0.25, 0.3) is 0 Å². The number of nitrogens with zero attached hydrogens (tertiary/aromatic N) is 1. The lowest BCUT2D eigenvalue weighted by Crippen LogP contribution is -2.39. The third kappa shape index (κ3) is 2.66. The maximum atomic E-state index is 13.5. The Labute approximate surface area is 108 Å². The minimum atomic E-state index is -0.120. The second-order valence-electron chi connectivity index (χ2n) is 5.68. The molecule has 98 valence electrons. The van der Waals surface area contributed by atoms with E-state index in [0.29, 0.717) is 6.04 Å². The number of hydrogen-bond donors (Lipinski definition) is 1. The maximum absolute atomic E-state index is 13.5. The highest BCUT2D eigenvalue weighted by Crippen LogP contribution is 2.34. The molecule has 1 heterocycles. The second-order valence-corrected chi connectivity index (χ2v) is 5.68. The van der Waals surface area contributed by atoms with Crippen LogP contribution >= 0.6 is 0 Å². The first-order chi connectivity index (χ1) is 8.72. The molecule has 1 aromatic carbocycles. The van der Waals surface area contributed by atoms with Gasteiger partial charge in [0, 0.05) is 24.8 Å². The smallest absolute Gasteiger partial charge is 0.125 e. The van der Waals surface area contributed by atoms with Crippen molar-refractivity contribution in [2.45, 2.75) is 32.2 Å². The molecule has 1 aliphatic heterocycles. The van der Waals surface area contributed by atoms with Crippen molar-refractivity contribution in [2.75, 3.05) is 24.5 Å². The van der Waals surface area contributed by atoms with E-state index in [1.165, 1.54) is 12.8 Å². The van der Waals surface area contributed by atoms with Crippen molar-refractivity contribution < 1.29 is 4.39 Å². The fourth-order valence-corrected chi connectivity index (χ4v) is 2.90. The van der Waals surface area contributed by atoms with Crippen molar-refractivity contribution in [1.29, 1.82) is 0 Å². The van der Waals surface area contributed by atoms with Gasteiger partial charge in [-0.25, -0.2) is 4.39 Å². The SMILES string of the molecule is Cc1cc(F)cc(N2CCCNC(C3CC3)C2)c1. The minimum Gasteiger partial charge on any atom is -0.370 e. The molecule has 2 aliphatic rings. The Hall–Kier alpha value is -1.09. The predicted molar refractivity (Wildman–Crippen MR) is 72.5 cm³/mol. The number of aryl methyl sites for hydroxylation is 1. The van der Waals surface area contributed by atoms with Crippen LogP contribution in [-0.2, 0) is 0 Å². The molecule has 0 spiro atoms. The molecule has 1 aliphatic carbocycles. The van der Waals surface area contributed by atoms with Gasteiger partial charge in [-0.15, -0.1) is 0 Å². The van der Waals surface area contributed by atoms with Crippen molar-refractivity contribution in [2.24, 2.45) is 5.92 Å². The van der Waals surface area contributed by atoms with E-state index in [-0.39, 0.29) is 5.82 Å². The van der Waals surface area contributed by atoms with Crippen molar-refractivity contribution in [3.8, 4) is 0 Å². The van der Waals surface area contributed by atoms with E-state index in [9.17, 15) is 4.39 Å². The molecule has 2 fully saturated rings. The van der Waals surface area contributed by atoms with E-state index >= 15 is 0 Å². The van der Waals surface area contributed by atoms with Crippen molar-refractivity contribution in [1.82, 2.24) is 5.32 Å². The summed E-state index contributed by atoms with van der Waals surface area (Å²) in [5.41, 5.74) is 2.05. The fourth-order valence-electron chi connectivity index (χ4n) is 2.90. The fraction of sp³-hybridized carbons (Fsp3) is 0.600. The second kappa shape index (κ2) is 4.88. The Morgan fingerprint density at radius 3 is 2.83 bits per heavy atom. The average Bonchev–Trinajstić information content (AvgIpc) is 3.14. The van der Waals surface area contributed by atoms with Crippen LogP contribution in [0.5, 0.6) is 0 Å². The topological polar surface area (TPSA) is 15.3 Å². The van der Waals surface area contributed by atoms with Crippen LogP contribution in [0.4, 0.5) is 10.1 Å². The first-order valence-corrected chi connectivity index (χ1v) is 6.98. The van der Waals surface area contributed by atoms with Gasteiger partial charge in [-0.2, -0.15) is 0 Å². The summed E-state index contributed by atoms with van der Waals surface area (Å²) in [5, 5.41) is 3.64. The molecule has 3 heteroatoms. The summed E-state index contributed by atoms with van der Waals surface area (Å²) in [6.45, 7) is 5.10. The Morgan fingerprint density at radius 2 is 2.11 bits per heavy atom. The van der Waals surface area contributed by atoms with E-state index in [0.717, 1.165) is 43.2 Å². The molecule has 1 aromatic rings. The summed E-state index contributed by atoms with van der Waals surface area (Å²) in [4.78, 5) is 2.35. The number of anilines is 1. The summed E-state index contributed by atoms with van der Waals surface area (Å²) in [7, 11) is 0. The van der Waals surface area contributed by atoms with E-state index in [2.05, 4.69) is 16.3 Å². The number of nitrogens with one attached hydrogen (secondary N) is 1. The Morgan fingerprint density at radius 1 is 1.28 bits per heavy atom. The van der Waals surface area contributed by atoms with Crippen LogP contribution in [0.15, 0.2) is 18.2 Å². The lowest BCUT2D eigenvalue weighted by molar-refractivity contribution is 0.490. The summed E-state index contributed by atoms with van der Waals surface area (Å²) in [6, 6.07) is 5.95. The molecular formula is C15H21FN2. The molecule has 1 saturated heterocycles. The van der Waals surface area contributed by atoms with E-state index in [1.54, 1.807) is 12.1 Å². The van der Waals surface area contributed by atoms with Gasteiger partial charge in [-0.1, -0.05) is 0 Å². The Bertz CT molecular complexity index is 408. The zero-order chi connectivity index (χ0) is 12.5. The van der Waals surface area contributed by atoms with Gasteiger partial charge in [0.1, 0.15) is 5.82 Å². The molecule has 18 heavy (non-hydrogen) atoms. The van der Waals surface area contributed by atoms with Gasteiger partial charge in [0.2, 0.25) is 0 Å². The minimum absolute atomic E-state index is 0.120. The normalized spacial score (nSPS) is 25.0. The molecular weight excluding hydrogens is 227 g/mol. The Balaban J connectivity index is 1.80. The van der Waals surface area contributed by atoms with Crippen LogP contribution in [-0.4, -0.2) is 25.7 Å². The molecule has 1 saturated carbocycles. The summed E-state index contributed by atoms with van der Waals surface area (Å²) >= 11 is 0. The molecule has 0 amide bonds. The quantitative estimate of drug-likeness (QED) is 0.865. The molecule has 0 radical (unpaired) electrons. The monoisotopic (exact) mass is 248 g/mol. The van der Waals surface area contributed by atoms with E-state index < -0.39 is 0 Å². The summed E-state index contributed by atoms with van der Waals surface area (Å²) in [6.07, 6.45) is 3.85. The predicted octanol–water partition coefficient (Wildman–Crippen LogP) is 2.71. The Kier molecular flexibility index (Phi) is 3.25. The van der Waals surface area contributed by atoms with Crippen LogP contribution in [0, 0.1) is 18.7 Å². The highest BCUT2D eigenvalue weighted by Gasteiger charge is 2.33. The average molecular weight is 248 g/mol. The number of halogens is 1. The number of benzene rings is 1. The van der Waals surface area contributed by atoms with E-state index in [1.807, 2.05) is 6.92 Å². The maximum Gasteiger partial charge on any atom is 0.125 e. The molecule has 1 N–H and O–H groups in total. The third-order valence-electron chi connectivity index (χ3n) is 4.01. The van der Waals surface area contributed by atoms with Crippen LogP contribution < -0.4 is 10.2 Å². The molecule has 1 atom stereocenters. The standard InChI is InChI=1S/C15H21FN2/c1-11-7-13(16)9-14(8-11)18-6-2-5-17-15(10-18)12-3-4-12/h7-9,12,15,17H,2-6,10H2,1H3. The molecule has 1 unspecified atom stereocenters. The van der Waals surface area contributed by atoms with E-state index in [4.69, 9.17) is 0 Å². The van der Waals surface area contributed by atoms with Gasteiger partial charge < -0.3 is 10.2 Å². The highest BCUT2D eigenvalue weighted by atomic mass is 19.1. The van der Waals surface area contributed by atoms with Gasteiger partial charge >= 0.3 is 0 Å². The number of hydrogen-bond acceptors (Lipinski definition) is 2. The third-order valence-corrected chi connectivity index (χ3v) is 4.01. The molecule has 0 aromatic heterocycles. The summed E-state index contributed by atoms with van der Waals surface area (Å²) < 4.78 is 13.5. The van der Waals surface area contributed by atoms with Gasteiger partial charge in [-0.05, 0) is 62.4 Å². The van der Waals surface area contributed by atoms with Gasteiger partial charge in [-0.3, -0.25) is 0 Å². The van der Waals surface area contributed by atoms with Crippen molar-refractivity contribution in [3.05, 3.63) is 29.6 Å². The largest absolute Gasteiger partial charge is 0.370 e. The first-order valence-electron chi connectivity index (χ1n) is 6.98. The zero-order valence-electron chi connectivity index (χ0n) is 11.0. The zero-order valence-corrected chi connectivity index (χ0v) is 11.0. The lowest BCUT2D eigenvalue weighted by atomic mass is 10.1. The van der Waals surface area contributed by atoms with Crippen molar-refractivity contribution in [3.63, 3.8) is 0 Å². The molecule has 0 bridgehead atoms. The van der Waals surface area contributed by atoms with Gasteiger partial charge in [0.05, 0.1) is 0 Å². The number of rotatable bonds is 2. The van der Waals surface area contributed by atoms with Gasteiger partial charge in [0.15, 0.2) is 0 Å². The lowest BCUT2D eigenvalue weighted by Gasteiger charge is -2.27. The molecule has 3 rings (SSSR count). The van der Waals surface area contributed by atoms with Crippen LogP contribution in [0.3, 0.4) is 0 Å². The van der Waals surface area contributed by atoms with Crippen LogP contribution in [0.1, 0.15) is 24.8 Å².